The number of nitrogens with one attached hydrogen (secondary N) is 1. The van der Waals surface area contributed by atoms with Crippen LogP contribution in [-0.2, 0) is 15.1 Å². The first-order chi connectivity index (χ1) is 17.7. The van der Waals surface area contributed by atoms with E-state index in [0.29, 0.717) is 64.8 Å². The second-order valence-corrected chi connectivity index (χ2v) is 11.6. The van der Waals surface area contributed by atoms with Crippen molar-refractivity contribution >= 4 is 17.5 Å². The van der Waals surface area contributed by atoms with E-state index in [1.807, 2.05) is 7.05 Å². The van der Waals surface area contributed by atoms with Crippen LogP contribution in [-0.4, -0.2) is 62.0 Å². The Morgan fingerprint density at radius 1 is 1.30 bits per heavy atom. The van der Waals surface area contributed by atoms with E-state index in [0.717, 1.165) is 32.1 Å². The first-order valence-corrected chi connectivity index (χ1v) is 14.4. The van der Waals surface area contributed by atoms with Crippen LogP contribution in [0.2, 0.25) is 5.02 Å². The van der Waals surface area contributed by atoms with Crippen molar-refractivity contribution in [1.29, 1.82) is 0 Å². The summed E-state index contributed by atoms with van der Waals surface area (Å²) in [5.74, 6) is -1.03. The number of hydrogen-bond donors (Lipinski definition) is 2. The zero-order valence-electron chi connectivity index (χ0n) is 22.5. The fraction of sp³-hybridized carbons (Fsp3) is 0.759. The normalized spacial score (nSPS) is 22.4. The van der Waals surface area contributed by atoms with Gasteiger partial charge in [0, 0.05) is 44.7 Å². The molecule has 3 atom stereocenters. The molecule has 1 saturated heterocycles. The number of alkyl halides is 1. The van der Waals surface area contributed by atoms with Gasteiger partial charge in [0.25, 0.3) is 0 Å². The number of likely N-dealkylation sites (tertiary alicyclic amines) is 1. The fourth-order valence-electron chi connectivity index (χ4n) is 6.42. The molecule has 3 rings (SSSR count). The van der Waals surface area contributed by atoms with E-state index < -0.39 is 17.1 Å². The van der Waals surface area contributed by atoms with Crippen LogP contribution in [0.1, 0.15) is 82.6 Å². The first-order valence-electron chi connectivity index (χ1n) is 14.0. The molecule has 0 bridgehead atoms. The Labute approximate surface area is 226 Å². The Bertz CT molecular complexity index is 868. The highest BCUT2D eigenvalue weighted by Crippen LogP contribution is 2.42. The maximum Gasteiger partial charge on any atom is 0.222 e. The molecule has 1 saturated carbocycles. The topological polar surface area (TPSA) is 61.8 Å². The van der Waals surface area contributed by atoms with Crippen molar-refractivity contribution in [3.8, 4) is 0 Å². The Morgan fingerprint density at radius 3 is 2.76 bits per heavy atom. The Kier molecular flexibility index (Phi) is 11.6. The summed E-state index contributed by atoms with van der Waals surface area (Å²) in [5, 5.41) is 15.1. The molecule has 1 aromatic carbocycles. The minimum Gasteiger partial charge on any atom is -0.385 e. The van der Waals surface area contributed by atoms with Crippen molar-refractivity contribution in [1.82, 2.24) is 10.2 Å². The lowest BCUT2D eigenvalue weighted by Gasteiger charge is -2.43. The predicted octanol–water partition coefficient (Wildman–Crippen LogP) is 6.01. The van der Waals surface area contributed by atoms with Crippen molar-refractivity contribution in [3.05, 3.63) is 34.6 Å². The van der Waals surface area contributed by atoms with E-state index in [1.54, 1.807) is 24.1 Å². The second-order valence-electron chi connectivity index (χ2n) is 11.2. The van der Waals surface area contributed by atoms with Crippen LogP contribution in [0.5, 0.6) is 0 Å². The summed E-state index contributed by atoms with van der Waals surface area (Å²) >= 11 is 6.09. The number of piperidine rings is 1. The molecule has 0 aromatic heterocycles. The molecule has 1 aliphatic heterocycles. The van der Waals surface area contributed by atoms with E-state index in [2.05, 4.69) is 5.32 Å². The highest BCUT2D eigenvalue weighted by molar-refractivity contribution is 6.30. The molecule has 0 unspecified atom stereocenters. The van der Waals surface area contributed by atoms with E-state index >= 15 is 8.78 Å². The third-order valence-corrected chi connectivity index (χ3v) is 8.68. The molecular formula is C29H45ClF2N2O3. The average Bonchev–Trinajstić information content (AvgIpc) is 2.88. The molecule has 1 heterocycles. The number of amides is 1. The highest BCUT2D eigenvalue weighted by Gasteiger charge is 2.43. The smallest absolute Gasteiger partial charge is 0.222 e. The number of ether oxygens (including phenoxy) is 1. The minimum atomic E-state index is -1.45. The lowest BCUT2D eigenvalue weighted by atomic mass is 9.73. The second kappa shape index (κ2) is 14.2. The number of nitrogens with zero attached hydrogens (tertiary/aromatic N) is 1. The highest BCUT2D eigenvalue weighted by atomic mass is 35.5. The Morgan fingerprint density at radius 2 is 2.05 bits per heavy atom. The number of unbranched alkanes of at least 4 members (excludes halogenated alkanes) is 1. The van der Waals surface area contributed by atoms with Gasteiger partial charge in [-0.2, -0.15) is 0 Å². The number of benzene rings is 1. The average molecular weight is 543 g/mol. The van der Waals surface area contributed by atoms with E-state index in [4.69, 9.17) is 16.3 Å². The number of rotatable bonds is 13. The van der Waals surface area contributed by atoms with Crippen LogP contribution in [0.15, 0.2) is 18.2 Å². The zero-order valence-corrected chi connectivity index (χ0v) is 23.3. The van der Waals surface area contributed by atoms with Crippen molar-refractivity contribution in [2.45, 2.75) is 88.3 Å². The number of methoxy groups -OCH3 is 1. The summed E-state index contributed by atoms with van der Waals surface area (Å²) in [5.41, 5.74) is -2.43. The summed E-state index contributed by atoms with van der Waals surface area (Å²) < 4.78 is 35.8. The number of aliphatic hydroxyl groups is 1. The van der Waals surface area contributed by atoms with Gasteiger partial charge >= 0.3 is 0 Å². The molecular weight excluding hydrogens is 498 g/mol. The summed E-state index contributed by atoms with van der Waals surface area (Å²) in [6.07, 6.45) is 7.89. The van der Waals surface area contributed by atoms with Crippen LogP contribution >= 0.6 is 11.6 Å². The summed E-state index contributed by atoms with van der Waals surface area (Å²) in [6.45, 7) is 2.09. The molecule has 37 heavy (non-hydrogen) atoms. The van der Waals surface area contributed by atoms with Gasteiger partial charge in [-0.1, -0.05) is 43.0 Å². The SMILES string of the molecule is CNC[C@@H](CC(=O)N1CCC[C@@H]([C@@](O)(CCCCOC)c2cccc(Cl)c2F)C1)CC1(F)CCCCC1. The molecule has 2 aliphatic rings. The van der Waals surface area contributed by atoms with Gasteiger partial charge < -0.3 is 20.1 Å². The molecule has 2 fully saturated rings. The minimum absolute atomic E-state index is 0.0161. The van der Waals surface area contributed by atoms with Crippen molar-refractivity contribution in [2.24, 2.45) is 11.8 Å². The van der Waals surface area contributed by atoms with Crippen molar-refractivity contribution < 1.29 is 23.4 Å². The zero-order chi connectivity index (χ0) is 26.9. The van der Waals surface area contributed by atoms with Gasteiger partial charge in [0.1, 0.15) is 11.5 Å². The van der Waals surface area contributed by atoms with Crippen LogP contribution in [0.3, 0.4) is 0 Å². The van der Waals surface area contributed by atoms with Gasteiger partial charge in [0.15, 0.2) is 0 Å². The van der Waals surface area contributed by atoms with Crippen LogP contribution < -0.4 is 5.32 Å². The monoisotopic (exact) mass is 542 g/mol. The molecule has 1 amide bonds. The molecule has 0 spiro atoms. The number of halogens is 3. The van der Waals surface area contributed by atoms with Gasteiger partial charge in [-0.3, -0.25) is 4.79 Å². The molecule has 0 radical (unpaired) electrons. The lowest BCUT2D eigenvalue weighted by molar-refractivity contribution is -0.138. The third kappa shape index (κ3) is 8.11. The predicted molar refractivity (Wildman–Crippen MR) is 144 cm³/mol. The van der Waals surface area contributed by atoms with Crippen LogP contribution in [0.25, 0.3) is 0 Å². The molecule has 8 heteroatoms. The standard InChI is InChI=1S/C29H45ClF2N2O3/c1-33-20-22(19-28(32)13-4-3-5-14-28)18-26(35)34-16-9-10-23(21-34)29(36,15-6-7-17-37-2)24-11-8-12-25(30)27(24)31/h8,11-12,22-23,33,36H,3-7,9-10,13-21H2,1-2H3/t22-,23+,29-/m0/s1. The third-order valence-electron chi connectivity index (χ3n) is 8.38. The van der Waals surface area contributed by atoms with Gasteiger partial charge in [-0.05, 0) is 76.9 Å². The first kappa shape index (κ1) is 30.3. The van der Waals surface area contributed by atoms with E-state index in [-0.39, 0.29) is 34.7 Å². The number of hydrogen-bond acceptors (Lipinski definition) is 4. The molecule has 1 aliphatic carbocycles. The van der Waals surface area contributed by atoms with Crippen molar-refractivity contribution in [2.75, 3.05) is 40.4 Å². The largest absolute Gasteiger partial charge is 0.385 e. The number of carbonyl (C=O) groups is 1. The lowest BCUT2D eigenvalue weighted by Crippen LogP contribution is -2.49. The van der Waals surface area contributed by atoms with Gasteiger partial charge in [0.2, 0.25) is 5.91 Å². The molecule has 2 N–H and O–H groups in total. The Hall–Kier alpha value is -1.28. The fourth-order valence-corrected chi connectivity index (χ4v) is 6.59. The van der Waals surface area contributed by atoms with E-state index in [9.17, 15) is 9.90 Å². The van der Waals surface area contributed by atoms with Crippen LogP contribution in [0, 0.1) is 17.7 Å². The summed E-state index contributed by atoms with van der Waals surface area (Å²) in [7, 11) is 3.47. The number of carbonyl (C=O) groups excluding carboxylic acids is 1. The van der Waals surface area contributed by atoms with Gasteiger partial charge in [0.05, 0.1) is 10.6 Å². The molecule has 1 aromatic rings. The van der Waals surface area contributed by atoms with Crippen LogP contribution in [0.4, 0.5) is 8.78 Å². The van der Waals surface area contributed by atoms with E-state index in [1.165, 1.54) is 6.07 Å². The molecule has 5 nitrogen and oxygen atoms in total. The Balaban J connectivity index is 1.74. The quantitative estimate of drug-likeness (QED) is 0.300. The van der Waals surface area contributed by atoms with Gasteiger partial charge in [-0.25, -0.2) is 8.78 Å². The summed E-state index contributed by atoms with van der Waals surface area (Å²) in [6, 6.07) is 4.74. The molecule has 210 valence electrons. The maximum absolute atomic E-state index is 15.4. The van der Waals surface area contributed by atoms with Crippen molar-refractivity contribution in [3.63, 3.8) is 0 Å². The maximum atomic E-state index is 15.4. The van der Waals surface area contributed by atoms with Gasteiger partial charge in [-0.15, -0.1) is 0 Å². The summed E-state index contributed by atoms with van der Waals surface area (Å²) in [4.78, 5) is 15.2.